The zero-order valence-electron chi connectivity index (χ0n) is 29.3. The van der Waals surface area contributed by atoms with Crippen LogP contribution in [0.4, 0.5) is 0 Å². The number of nitrogens with zero attached hydrogens (tertiary/aromatic N) is 4. The summed E-state index contributed by atoms with van der Waals surface area (Å²) in [7, 11) is 0. The lowest BCUT2D eigenvalue weighted by Gasteiger charge is -2.13. The fraction of sp³-hybridized carbons (Fsp3) is 0. The molecule has 0 N–H and O–H groups in total. The summed E-state index contributed by atoms with van der Waals surface area (Å²) in [5.41, 5.74) is 8.96. The van der Waals surface area contributed by atoms with Crippen LogP contribution in [-0.2, 0) is 0 Å². The Labute approximate surface area is 313 Å². The molecule has 0 aliphatic rings. The van der Waals surface area contributed by atoms with Crippen molar-refractivity contribution in [2.24, 2.45) is 0 Å². The third-order valence-corrected chi connectivity index (χ3v) is 10.8. The van der Waals surface area contributed by atoms with Gasteiger partial charge in [-0.2, -0.15) is 0 Å². The minimum atomic E-state index is 0.554. The van der Waals surface area contributed by atoms with Gasteiger partial charge in [-0.25, -0.2) is 15.0 Å². The molecular formula is C49H28N4O2. The number of para-hydroxylation sites is 3. The largest absolute Gasteiger partial charge is 0.456 e. The monoisotopic (exact) mass is 704 g/mol. The molecule has 0 aliphatic heterocycles. The van der Waals surface area contributed by atoms with Crippen molar-refractivity contribution >= 4 is 76.5 Å². The van der Waals surface area contributed by atoms with Crippen molar-refractivity contribution in [3.63, 3.8) is 0 Å². The zero-order valence-corrected chi connectivity index (χ0v) is 29.3. The first-order valence-corrected chi connectivity index (χ1v) is 18.4. The van der Waals surface area contributed by atoms with Crippen LogP contribution in [0.3, 0.4) is 0 Å². The SMILES string of the molecule is c1ccc(-c2nc(-c3cccc4oc5ccccc5c34)nc(-c3cc(-n4c5ccccc5c5cc6ccccc6cc54)cc4oc5ccccc5c34)n2)cc1. The molecule has 0 unspecified atom stereocenters. The summed E-state index contributed by atoms with van der Waals surface area (Å²) in [6, 6.07) is 58.6. The van der Waals surface area contributed by atoms with Crippen LogP contribution in [-0.4, -0.2) is 19.5 Å². The van der Waals surface area contributed by atoms with E-state index in [1.54, 1.807) is 0 Å². The smallest absolute Gasteiger partial charge is 0.164 e. The van der Waals surface area contributed by atoms with Gasteiger partial charge < -0.3 is 13.4 Å². The van der Waals surface area contributed by atoms with Gasteiger partial charge in [-0.15, -0.1) is 0 Å². The van der Waals surface area contributed by atoms with E-state index in [0.717, 1.165) is 77.3 Å². The molecule has 0 fully saturated rings. The number of aromatic nitrogens is 4. The first-order chi connectivity index (χ1) is 27.2. The van der Waals surface area contributed by atoms with Gasteiger partial charge in [0.15, 0.2) is 17.5 Å². The molecule has 6 heteroatoms. The van der Waals surface area contributed by atoms with Gasteiger partial charge in [-0.1, -0.05) is 121 Å². The molecule has 0 aliphatic carbocycles. The summed E-state index contributed by atoms with van der Waals surface area (Å²) >= 11 is 0. The summed E-state index contributed by atoms with van der Waals surface area (Å²) < 4.78 is 15.3. The molecule has 8 aromatic carbocycles. The summed E-state index contributed by atoms with van der Waals surface area (Å²) in [5.74, 6) is 1.70. The molecule has 256 valence electrons. The third kappa shape index (κ3) is 4.52. The van der Waals surface area contributed by atoms with E-state index in [1.807, 2.05) is 78.9 Å². The van der Waals surface area contributed by atoms with Crippen LogP contribution in [0.5, 0.6) is 0 Å². The third-order valence-electron chi connectivity index (χ3n) is 10.8. The number of fused-ring (bicyclic) bond motifs is 10. The van der Waals surface area contributed by atoms with Gasteiger partial charge in [0, 0.05) is 55.1 Å². The van der Waals surface area contributed by atoms with E-state index in [0.29, 0.717) is 17.5 Å². The minimum Gasteiger partial charge on any atom is -0.456 e. The second kappa shape index (κ2) is 11.5. The summed E-state index contributed by atoms with van der Waals surface area (Å²) in [6.07, 6.45) is 0. The van der Waals surface area contributed by atoms with Gasteiger partial charge in [0.1, 0.15) is 22.3 Å². The Balaban J connectivity index is 1.20. The van der Waals surface area contributed by atoms with Gasteiger partial charge in [0.2, 0.25) is 0 Å². The molecule has 0 saturated heterocycles. The average Bonchev–Trinajstić information content (AvgIpc) is 3.92. The highest BCUT2D eigenvalue weighted by atomic mass is 16.3. The first-order valence-electron chi connectivity index (χ1n) is 18.4. The lowest BCUT2D eigenvalue weighted by atomic mass is 10.0. The Kier molecular flexibility index (Phi) is 6.24. The second-order valence-electron chi connectivity index (χ2n) is 14.0. The first kappa shape index (κ1) is 29.9. The molecule has 0 bridgehead atoms. The fourth-order valence-electron chi connectivity index (χ4n) is 8.37. The van der Waals surface area contributed by atoms with Crippen molar-refractivity contribution in [1.82, 2.24) is 19.5 Å². The van der Waals surface area contributed by atoms with Crippen molar-refractivity contribution in [1.29, 1.82) is 0 Å². The molecule has 0 atom stereocenters. The molecule has 4 aromatic heterocycles. The lowest BCUT2D eigenvalue weighted by Crippen LogP contribution is -2.02. The Hall–Kier alpha value is -7.57. The molecule has 4 heterocycles. The van der Waals surface area contributed by atoms with Crippen LogP contribution in [0.25, 0.3) is 116 Å². The predicted molar refractivity (Wildman–Crippen MR) is 223 cm³/mol. The van der Waals surface area contributed by atoms with Gasteiger partial charge in [0.05, 0.1) is 16.7 Å². The maximum atomic E-state index is 6.68. The van der Waals surface area contributed by atoms with Gasteiger partial charge in [-0.05, 0) is 53.2 Å². The minimum absolute atomic E-state index is 0.554. The molecule has 12 rings (SSSR count). The van der Waals surface area contributed by atoms with Gasteiger partial charge >= 0.3 is 0 Å². The summed E-state index contributed by atoms with van der Waals surface area (Å²) in [4.78, 5) is 15.8. The Bertz CT molecular complexity index is 3500. The summed E-state index contributed by atoms with van der Waals surface area (Å²) in [6.45, 7) is 0. The van der Waals surface area contributed by atoms with Crippen LogP contribution >= 0.6 is 0 Å². The van der Waals surface area contributed by atoms with E-state index in [9.17, 15) is 0 Å². The van der Waals surface area contributed by atoms with Crippen LogP contribution in [0.2, 0.25) is 0 Å². The lowest BCUT2D eigenvalue weighted by molar-refractivity contribution is 0.668. The quantitative estimate of drug-likeness (QED) is 0.182. The van der Waals surface area contributed by atoms with Crippen LogP contribution in [0.15, 0.2) is 179 Å². The van der Waals surface area contributed by atoms with Crippen molar-refractivity contribution in [3.05, 3.63) is 170 Å². The van der Waals surface area contributed by atoms with E-state index in [-0.39, 0.29) is 0 Å². The van der Waals surface area contributed by atoms with Gasteiger partial charge in [0.25, 0.3) is 0 Å². The van der Waals surface area contributed by atoms with Crippen LogP contribution in [0, 0.1) is 0 Å². The number of hydrogen-bond acceptors (Lipinski definition) is 5. The normalized spacial score (nSPS) is 12.0. The van der Waals surface area contributed by atoms with Gasteiger partial charge in [-0.3, -0.25) is 0 Å². The Morgan fingerprint density at radius 3 is 1.73 bits per heavy atom. The van der Waals surface area contributed by atoms with E-state index in [1.165, 1.54) is 21.5 Å². The topological polar surface area (TPSA) is 69.9 Å². The van der Waals surface area contributed by atoms with Crippen molar-refractivity contribution < 1.29 is 8.83 Å². The highest BCUT2D eigenvalue weighted by molar-refractivity contribution is 6.16. The van der Waals surface area contributed by atoms with Crippen molar-refractivity contribution in [2.45, 2.75) is 0 Å². The van der Waals surface area contributed by atoms with E-state index in [4.69, 9.17) is 23.8 Å². The predicted octanol–water partition coefficient (Wildman–Crippen LogP) is 12.9. The number of rotatable bonds is 4. The highest BCUT2D eigenvalue weighted by Crippen LogP contribution is 2.42. The fourth-order valence-corrected chi connectivity index (χ4v) is 8.37. The number of benzene rings is 8. The molecule has 0 amide bonds. The maximum Gasteiger partial charge on any atom is 0.164 e. The average molecular weight is 705 g/mol. The van der Waals surface area contributed by atoms with Crippen LogP contribution in [0.1, 0.15) is 0 Å². The van der Waals surface area contributed by atoms with E-state index < -0.39 is 0 Å². The Morgan fingerprint density at radius 2 is 0.945 bits per heavy atom. The molecule has 0 spiro atoms. The standard InChI is InChI=1S/C49H28N4O2/c1-2-13-29(14-3-1)47-50-48(36-20-12-24-43-45(36)34-18-7-10-22-41(34)54-43)52-49(51-47)38-27-32(28-44-46(38)35-19-8-11-23-42(35)55-44)53-39-21-9-6-17-33(39)37-25-30-15-4-5-16-31(30)26-40(37)53/h1-28H. The highest BCUT2D eigenvalue weighted by Gasteiger charge is 2.23. The molecule has 12 aromatic rings. The molecule has 0 saturated carbocycles. The van der Waals surface area contributed by atoms with E-state index >= 15 is 0 Å². The number of furan rings is 2. The Morgan fingerprint density at radius 1 is 0.364 bits per heavy atom. The zero-order chi connectivity index (χ0) is 36.0. The van der Waals surface area contributed by atoms with E-state index in [2.05, 4.69) is 95.6 Å². The molecule has 0 radical (unpaired) electrons. The van der Waals surface area contributed by atoms with Crippen LogP contribution < -0.4 is 0 Å². The molecule has 6 nitrogen and oxygen atoms in total. The second-order valence-corrected chi connectivity index (χ2v) is 14.0. The van der Waals surface area contributed by atoms with Crippen molar-refractivity contribution in [3.8, 4) is 39.9 Å². The molecule has 55 heavy (non-hydrogen) atoms. The van der Waals surface area contributed by atoms with Crippen molar-refractivity contribution in [2.75, 3.05) is 0 Å². The molecular weight excluding hydrogens is 677 g/mol. The maximum absolute atomic E-state index is 6.68. The summed E-state index contributed by atoms with van der Waals surface area (Å²) in [5, 5.41) is 8.70. The number of hydrogen-bond donors (Lipinski definition) is 0.